The predicted molar refractivity (Wildman–Crippen MR) is 60.5 cm³/mol. The second kappa shape index (κ2) is 3.77. The molecule has 1 heterocycles. The van der Waals surface area contributed by atoms with Gasteiger partial charge in [0.1, 0.15) is 5.75 Å². The van der Waals surface area contributed by atoms with E-state index in [1.54, 1.807) is 19.2 Å². The highest BCUT2D eigenvalue weighted by Crippen LogP contribution is 2.16. The van der Waals surface area contributed by atoms with Crippen LogP contribution in [0.5, 0.6) is 5.75 Å². The van der Waals surface area contributed by atoms with Crippen LogP contribution in [0.4, 0.5) is 0 Å². The largest absolute Gasteiger partial charge is 0.497 e. The molecule has 78 valence electrons. The van der Waals surface area contributed by atoms with E-state index in [1.165, 1.54) is 0 Å². The van der Waals surface area contributed by atoms with E-state index in [-0.39, 0.29) is 5.43 Å². The number of H-pyrrole nitrogens is 1. The van der Waals surface area contributed by atoms with Crippen molar-refractivity contribution in [3.8, 4) is 5.75 Å². The van der Waals surface area contributed by atoms with Crippen LogP contribution in [0.25, 0.3) is 10.9 Å². The fourth-order valence-corrected chi connectivity index (χ4v) is 1.60. The van der Waals surface area contributed by atoms with Gasteiger partial charge >= 0.3 is 0 Å². The molecule has 1 aromatic carbocycles. The molecule has 0 atom stereocenters. The zero-order chi connectivity index (χ0) is 10.8. The highest BCUT2D eigenvalue weighted by atomic mass is 16.5. The van der Waals surface area contributed by atoms with E-state index in [1.807, 2.05) is 19.1 Å². The Morgan fingerprint density at radius 1 is 1.33 bits per heavy atom. The van der Waals surface area contributed by atoms with E-state index in [9.17, 15) is 4.79 Å². The second-order valence-electron chi connectivity index (χ2n) is 3.42. The Kier molecular flexibility index (Phi) is 2.46. The van der Waals surface area contributed by atoms with Crippen molar-refractivity contribution in [1.29, 1.82) is 0 Å². The van der Waals surface area contributed by atoms with Crippen LogP contribution < -0.4 is 10.2 Å². The highest BCUT2D eigenvalue weighted by molar-refractivity contribution is 5.80. The van der Waals surface area contributed by atoms with Gasteiger partial charge in [-0.2, -0.15) is 0 Å². The summed E-state index contributed by atoms with van der Waals surface area (Å²) < 4.78 is 5.08. The summed E-state index contributed by atoms with van der Waals surface area (Å²) >= 11 is 0. The van der Waals surface area contributed by atoms with Gasteiger partial charge in [0.25, 0.3) is 0 Å². The SMILES string of the molecule is CCc1cc(=O)c2cc(OC)ccc2[nH]1. The van der Waals surface area contributed by atoms with Crippen molar-refractivity contribution in [2.24, 2.45) is 0 Å². The van der Waals surface area contributed by atoms with Gasteiger partial charge in [0, 0.05) is 22.7 Å². The summed E-state index contributed by atoms with van der Waals surface area (Å²) in [6, 6.07) is 7.11. The van der Waals surface area contributed by atoms with Crippen molar-refractivity contribution < 1.29 is 4.74 Å². The predicted octanol–water partition coefficient (Wildman–Crippen LogP) is 2.10. The van der Waals surface area contributed by atoms with Crippen molar-refractivity contribution in [3.05, 3.63) is 40.2 Å². The van der Waals surface area contributed by atoms with Gasteiger partial charge in [-0.15, -0.1) is 0 Å². The summed E-state index contributed by atoms with van der Waals surface area (Å²) in [6.07, 6.45) is 0.831. The van der Waals surface area contributed by atoms with Gasteiger partial charge in [0.2, 0.25) is 0 Å². The van der Waals surface area contributed by atoms with Gasteiger partial charge in [-0.1, -0.05) is 6.92 Å². The summed E-state index contributed by atoms with van der Waals surface area (Å²) in [7, 11) is 1.59. The van der Waals surface area contributed by atoms with E-state index < -0.39 is 0 Å². The number of hydrogen-bond acceptors (Lipinski definition) is 2. The number of hydrogen-bond donors (Lipinski definition) is 1. The molecule has 0 saturated heterocycles. The maximum Gasteiger partial charge on any atom is 0.189 e. The van der Waals surface area contributed by atoms with Crippen molar-refractivity contribution >= 4 is 10.9 Å². The molecule has 2 aromatic rings. The molecular weight excluding hydrogens is 190 g/mol. The van der Waals surface area contributed by atoms with Crippen LogP contribution in [-0.4, -0.2) is 12.1 Å². The van der Waals surface area contributed by atoms with Crippen LogP contribution in [0.2, 0.25) is 0 Å². The smallest absolute Gasteiger partial charge is 0.189 e. The Morgan fingerprint density at radius 2 is 2.13 bits per heavy atom. The van der Waals surface area contributed by atoms with E-state index in [2.05, 4.69) is 4.98 Å². The normalized spacial score (nSPS) is 10.5. The Balaban J connectivity index is 2.74. The number of rotatable bonds is 2. The van der Waals surface area contributed by atoms with Gasteiger partial charge in [-0.25, -0.2) is 0 Å². The Bertz CT molecular complexity index is 543. The third kappa shape index (κ3) is 1.73. The maximum absolute atomic E-state index is 11.8. The summed E-state index contributed by atoms with van der Waals surface area (Å²) in [5.74, 6) is 0.706. The number of aromatic amines is 1. The van der Waals surface area contributed by atoms with Crippen molar-refractivity contribution in [3.63, 3.8) is 0 Å². The summed E-state index contributed by atoms with van der Waals surface area (Å²) in [4.78, 5) is 15.0. The van der Waals surface area contributed by atoms with Crippen LogP contribution in [-0.2, 0) is 6.42 Å². The van der Waals surface area contributed by atoms with Gasteiger partial charge in [-0.3, -0.25) is 4.79 Å². The molecule has 0 radical (unpaired) electrons. The van der Waals surface area contributed by atoms with Crippen molar-refractivity contribution in [2.45, 2.75) is 13.3 Å². The average Bonchev–Trinajstić information content (AvgIpc) is 2.28. The van der Waals surface area contributed by atoms with Crippen LogP contribution in [0, 0.1) is 0 Å². The molecule has 0 aliphatic heterocycles. The Hall–Kier alpha value is -1.77. The number of pyridine rings is 1. The molecule has 3 nitrogen and oxygen atoms in total. The molecule has 0 aliphatic carbocycles. The van der Waals surface area contributed by atoms with Crippen molar-refractivity contribution in [1.82, 2.24) is 4.98 Å². The number of benzene rings is 1. The van der Waals surface area contributed by atoms with Crippen LogP contribution in [0.1, 0.15) is 12.6 Å². The van der Waals surface area contributed by atoms with Crippen molar-refractivity contribution in [2.75, 3.05) is 7.11 Å². The van der Waals surface area contributed by atoms with Gasteiger partial charge < -0.3 is 9.72 Å². The molecule has 0 saturated carbocycles. The molecule has 1 N–H and O–H groups in total. The number of fused-ring (bicyclic) bond motifs is 1. The van der Waals surface area contributed by atoms with E-state index in [0.29, 0.717) is 11.1 Å². The van der Waals surface area contributed by atoms with E-state index in [4.69, 9.17) is 4.74 Å². The van der Waals surface area contributed by atoms with Gasteiger partial charge in [0.05, 0.1) is 7.11 Å². The van der Waals surface area contributed by atoms with Crippen LogP contribution in [0.15, 0.2) is 29.1 Å². The molecule has 15 heavy (non-hydrogen) atoms. The lowest BCUT2D eigenvalue weighted by atomic mass is 10.1. The summed E-state index contributed by atoms with van der Waals surface area (Å²) in [5.41, 5.74) is 1.86. The molecule has 0 fully saturated rings. The van der Waals surface area contributed by atoms with Crippen LogP contribution >= 0.6 is 0 Å². The monoisotopic (exact) mass is 203 g/mol. The Labute approximate surface area is 87.7 Å². The lowest BCUT2D eigenvalue weighted by molar-refractivity contribution is 0.415. The zero-order valence-corrected chi connectivity index (χ0v) is 8.83. The summed E-state index contributed by atoms with van der Waals surface area (Å²) in [5, 5.41) is 0.673. The number of aromatic nitrogens is 1. The van der Waals surface area contributed by atoms with E-state index >= 15 is 0 Å². The lowest BCUT2D eigenvalue weighted by Gasteiger charge is -2.04. The number of aryl methyl sites for hydroxylation is 1. The molecule has 0 aliphatic rings. The minimum absolute atomic E-state index is 0.0412. The first-order valence-electron chi connectivity index (χ1n) is 4.94. The highest BCUT2D eigenvalue weighted by Gasteiger charge is 2.02. The quantitative estimate of drug-likeness (QED) is 0.812. The first kappa shape index (κ1) is 9.77. The molecule has 0 bridgehead atoms. The summed E-state index contributed by atoms with van der Waals surface area (Å²) in [6.45, 7) is 2.01. The molecule has 0 spiro atoms. The lowest BCUT2D eigenvalue weighted by Crippen LogP contribution is -2.04. The third-order valence-corrected chi connectivity index (χ3v) is 2.47. The van der Waals surface area contributed by atoms with Gasteiger partial charge in [-0.05, 0) is 24.6 Å². The third-order valence-electron chi connectivity index (χ3n) is 2.47. The topological polar surface area (TPSA) is 42.1 Å². The average molecular weight is 203 g/mol. The number of nitrogens with one attached hydrogen (secondary N) is 1. The molecule has 0 unspecified atom stereocenters. The standard InChI is InChI=1S/C12H13NO2/c1-3-8-6-12(14)10-7-9(15-2)4-5-11(10)13-8/h4-7H,3H2,1-2H3,(H,13,14). The Morgan fingerprint density at radius 3 is 2.80 bits per heavy atom. The molecule has 3 heteroatoms. The van der Waals surface area contributed by atoms with Crippen LogP contribution in [0.3, 0.4) is 0 Å². The molecule has 1 aromatic heterocycles. The second-order valence-corrected chi connectivity index (χ2v) is 3.42. The molecule has 0 amide bonds. The first-order chi connectivity index (χ1) is 7.24. The molecular formula is C12H13NO2. The fourth-order valence-electron chi connectivity index (χ4n) is 1.60. The number of ether oxygens (including phenoxy) is 1. The molecule has 2 rings (SSSR count). The minimum Gasteiger partial charge on any atom is -0.497 e. The first-order valence-corrected chi connectivity index (χ1v) is 4.94. The number of methoxy groups -OCH3 is 1. The fraction of sp³-hybridized carbons (Fsp3) is 0.250. The minimum atomic E-state index is 0.0412. The van der Waals surface area contributed by atoms with Gasteiger partial charge in [0.15, 0.2) is 5.43 Å². The zero-order valence-electron chi connectivity index (χ0n) is 8.83. The van der Waals surface area contributed by atoms with E-state index in [0.717, 1.165) is 17.6 Å². The maximum atomic E-state index is 11.8.